The quantitative estimate of drug-likeness (QED) is 0.510. The Morgan fingerprint density at radius 2 is 1.60 bits per heavy atom. The van der Waals surface area contributed by atoms with Gasteiger partial charge < -0.3 is 14.4 Å². The summed E-state index contributed by atoms with van der Waals surface area (Å²) in [7, 11) is 0. The Morgan fingerprint density at radius 3 is 2.10 bits per heavy atom. The highest BCUT2D eigenvalue weighted by atomic mass is 16.6. The SMILES string of the molecule is C=C[C@@H]1CCC(C(=O)OC(C)(C)C)N1C(=O)[C@]1(C=C)CCCN1C(=O)OC(C)(C)C. The summed E-state index contributed by atoms with van der Waals surface area (Å²) in [6, 6.07) is -1.04. The molecule has 168 valence electrons. The van der Waals surface area contributed by atoms with Crippen molar-refractivity contribution in [2.45, 2.75) is 96.1 Å². The van der Waals surface area contributed by atoms with Crippen LogP contribution in [0.25, 0.3) is 0 Å². The van der Waals surface area contributed by atoms with Gasteiger partial charge >= 0.3 is 12.1 Å². The van der Waals surface area contributed by atoms with Gasteiger partial charge in [-0.15, -0.1) is 13.2 Å². The molecule has 0 spiro atoms. The van der Waals surface area contributed by atoms with Crippen LogP contribution >= 0.6 is 0 Å². The zero-order chi connectivity index (χ0) is 22.9. The molecule has 2 heterocycles. The van der Waals surface area contributed by atoms with E-state index in [0.717, 1.165) is 0 Å². The van der Waals surface area contributed by atoms with Crippen molar-refractivity contribution in [2.24, 2.45) is 0 Å². The van der Waals surface area contributed by atoms with E-state index in [4.69, 9.17) is 9.47 Å². The molecule has 0 aromatic heterocycles. The molecule has 0 saturated carbocycles. The molecular weight excluding hydrogens is 384 g/mol. The molecule has 0 aliphatic carbocycles. The number of amides is 2. The molecule has 7 nitrogen and oxygen atoms in total. The van der Waals surface area contributed by atoms with Crippen LogP contribution in [-0.4, -0.2) is 63.1 Å². The molecular formula is C23H36N2O5. The van der Waals surface area contributed by atoms with Crippen LogP contribution in [0.1, 0.15) is 67.2 Å². The van der Waals surface area contributed by atoms with Crippen molar-refractivity contribution in [1.29, 1.82) is 0 Å². The van der Waals surface area contributed by atoms with Crippen LogP contribution in [0.15, 0.2) is 25.3 Å². The second kappa shape index (κ2) is 8.44. The van der Waals surface area contributed by atoms with E-state index in [2.05, 4.69) is 13.2 Å². The van der Waals surface area contributed by atoms with E-state index in [1.807, 2.05) is 0 Å². The summed E-state index contributed by atoms with van der Waals surface area (Å²) in [5, 5.41) is 0. The average molecular weight is 421 g/mol. The monoisotopic (exact) mass is 420 g/mol. The van der Waals surface area contributed by atoms with Gasteiger partial charge in [-0.25, -0.2) is 9.59 Å². The number of rotatable bonds is 4. The molecule has 0 N–H and O–H groups in total. The molecule has 0 bridgehead atoms. The summed E-state index contributed by atoms with van der Waals surface area (Å²) in [6.07, 6.45) is 4.78. The van der Waals surface area contributed by atoms with E-state index in [-0.39, 0.29) is 11.9 Å². The number of ether oxygens (including phenoxy) is 2. The highest BCUT2D eigenvalue weighted by Gasteiger charge is 2.54. The molecule has 2 saturated heterocycles. The number of carbonyl (C=O) groups excluding carboxylic acids is 3. The van der Waals surface area contributed by atoms with Crippen molar-refractivity contribution in [3.05, 3.63) is 25.3 Å². The van der Waals surface area contributed by atoms with Gasteiger partial charge in [0.1, 0.15) is 22.8 Å². The van der Waals surface area contributed by atoms with E-state index in [9.17, 15) is 14.4 Å². The fourth-order valence-corrected chi connectivity index (χ4v) is 4.12. The van der Waals surface area contributed by atoms with Crippen LogP contribution < -0.4 is 0 Å². The minimum Gasteiger partial charge on any atom is -0.458 e. The Morgan fingerprint density at radius 1 is 1.00 bits per heavy atom. The van der Waals surface area contributed by atoms with E-state index in [1.54, 1.807) is 47.6 Å². The summed E-state index contributed by atoms with van der Waals surface area (Å²) in [5.74, 6) is -0.777. The van der Waals surface area contributed by atoms with Crippen molar-refractivity contribution >= 4 is 18.0 Å². The third-order valence-corrected chi connectivity index (χ3v) is 5.36. The van der Waals surface area contributed by atoms with Gasteiger partial charge in [-0.05, 0) is 67.2 Å². The van der Waals surface area contributed by atoms with Gasteiger partial charge in [0.2, 0.25) is 0 Å². The minimum atomic E-state index is -1.26. The summed E-state index contributed by atoms with van der Waals surface area (Å²) < 4.78 is 11.1. The molecule has 0 aromatic carbocycles. The average Bonchev–Trinajstić information content (AvgIpc) is 3.22. The number of hydrogen-bond acceptors (Lipinski definition) is 5. The zero-order valence-corrected chi connectivity index (χ0v) is 19.2. The number of hydrogen-bond donors (Lipinski definition) is 0. The Kier molecular flexibility index (Phi) is 6.74. The van der Waals surface area contributed by atoms with Crippen molar-refractivity contribution in [2.75, 3.05) is 6.54 Å². The molecule has 7 heteroatoms. The maximum Gasteiger partial charge on any atom is 0.411 e. The lowest BCUT2D eigenvalue weighted by molar-refractivity contribution is -0.165. The van der Waals surface area contributed by atoms with E-state index in [0.29, 0.717) is 32.2 Å². The maximum absolute atomic E-state index is 13.9. The first-order valence-electron chi connectivity index (χ1n) is 10.6. The normalized spacial score (nSPS) is 27.0. The molecule has 2 amide bonds. The lowest BCUT2D eigenvalue weighted by Gasteiger charge is -2.41. The van der Waals surface area contributed by atoms with E-state index >= 15 is 0 Å². The molecule has 0 aromatic rings. The third kappa shape index (κ3) is 4.87. The standard InChI is InChI=1S/C23H36N2O5/c1-9-16-12-13-17(18(26)29-21(3,4)5)25(16)19(27)23(10-2)14-11-15-24(23)20(28)30-22(6,7)8/h9-10,16-17H,1-2,11-15H2,3-8H3/t16-,17?,23+/m1/s1. The molecule has 0 radical (unpaired) electrons. The molecule has 30 heavy (non-hydrogen) atoms. The van der Waals surface area contributed by atoms with Crippen molar-refractivity contribution in [1.82, 2.24) is 9.80 Å². The summed E-state index contributed by atoms with van der Waals surface area (Å²) in [5.41, 5.74) is -2.61. The van der Waals surface area contributed by atoms with Crippen LogP contribution in [0, 0.1) is 0 Å². The van der Waals surface area contributed by atoms with Crippen molar-refractivity contribution in [3.63, 3.8) is 0 Å². The van der Waals surface area contributed by atoms with Crippen LogP contribution in [0.4, 0.5) is 4.79 Å². The second-order valence-corrected chi connectivity index (χ2v) is 10.0. The Labute approximate surface area is 180 Å². The van der Waals surface area contributed by atoms with Crippen molar-refractivity contribution in [3.8, 4) is 0 Å². The van der Waals surface area contributed by atoms with Gasteiger partial charge in [0.25, 0.3) is 5.91 Å². The first-order chi connectivity index (χ1) is 13.8. The lowest BCUT2D eigenvalue weighted by atomic mass is 9.93. The molecule has 2 aliphatic heterocycles. The highest BCUT2D eigenvalue weighted by molar-refractivity contribution is 5.96. The number of likely N-dealkylation sites (tertiary alicyclic amines) is 2. The summed E-state index contributed by atoms with van der Waals surface area (Å²) in [6.45, 7) is 18.8. The van der Waals surface area contributed by atoms with Crippen LogP contribution in [0.5, 0.6) is 0 Å². The number of esters is 1. The van der Waals surface area contributed by atoms with Gasteiger partial charge in [-0.1, -0.05) is 12.2 Å². The lowest BCUT2D eigenvalue weighted by Crippen LogP contribution is -2.61. The number of nitrogens with zero attached hydrogens (tertiary/aromatic N) is 2. The predicted molar refractivity (Wildman–Crippen MR) is 115 cm³/mol. The van der Waals surface area contributed by atoms with Gasteiger partial charge in [0.05, 0.1) is 6.04 Å². The van der Waals surface area contributed by atoms with Crippen LogP contribution in [-0.2, 0) is 19.1 Å². The topological polar surface area (TPSA) is 76.2 Å². The first kappa shape index (κ1) is 24.0. The van der Waals surface area contributed by atoms with Gasteiger partial charge in [0.15, 0.2) is 0 Å². The van der Waals surface area contributed by atoms with Crippen LogP contribution in [0.2, 0.25) is 0 Å². The second-order valence-electron chi connectivity index (χ2n) is 10.0. The molecule has 1 unspecified atom stereocenters. The summed E-state index contributed by atoms with van der Waals surface area (Å²) in [4.78, 5) is 42.6. The van der Waals surface area contributed by atoms with E-state index < -0.39 is 34.8 Å². The smallest absolute Gasteiger partial charge is 0.411 e. The van der Waals surface area contributed by atoms with E-state index in [1.165, 1.54) is 15.9 Å². The first-order valence-corrected chi connectivity index (χ1v) is 10.6. The third-order valence-electron chi connectivity index (χ3n) is 5.36. The Hall–Kier alpha value is -2.31. The fourth-order valence-electron chi connectivity index (χ4n) is 4.12. The molecule has 2 fully saturated rings. The highest BCUT2D eigenvalue weighted by Crippen LogP contribution is 2.38. The molecule has 3 atom stereocenters. The maximum atomic E-state index is 13.9. The molecule has 2 aliphatic rings. The Balaban J connectivity index is 2.38. The zero-order valence-electron chi connectivity index (χ0n) is 19.2. The molecule has 2 rings (SSSR count). The van der Waals surface area contributed by atoms with Gasteiger partial charge in [-0.2, -0.15) is 0 Å². The largest absolute Gasteiger partial charge is 0.458 e. The van der Waals surface area contributed by atoms with Crippen LogP contribution in [0.3, 0.4) is 0 Å². The van der Waals surface area contributed by atoms with Gasteiger partial charge in [0, 0.05) is 6.54 Å². The predicted octanol–water partition coefficient (Wildman–Crippen LogP) is 3.83. The minimum absolute atomic E-state index is 0.312. The van der Waals surface area contributed by atoms with Gasteiger partial charge in [-0.3, -0.25) is 9.69 Å². The fraction of sp³-hybridized carbons (Fsp3) is 0.696. The Bertz CT molecular complexity index is 718. The summed E-state index contributed by atoms with van der Waals surface area (Å²) >= 11 is 0. The van der Waals surface area contributed by atoms with Crippen molar-refractivity contribution < 1.29 is 23.9 Å². The number of carbonyl (C=O) groups is 3.